The summed E-state index contributed by atoms with van der Waals surface area (Å²) in [6, 6.07) is 18.0. The summed E-state index contributed by atoms with van der Waals surface area (Å²) < 4.78 is 1.89. The molecule has 0 amide bonds. The summed E-state index contributed by atoms with van der Waals surface area (Å²) in [4.78, 5) is 1.11. The molecule has 0 radical (unpaired) electrons. The molecule has 0 aliphatic heterocycles. The number of hydrogen-bond acceptors (Lipinski definition) is 3. The third-order valence-electron chi connectivity index (χ3n) is 2.97. The van der Waals surface area contributed by atoms with Crippen LogP contribution in [0.4, 0.5) is 5.69 Å². The third kappa shape index (κ3) is 2.86. The molecule has 0 saturated heterocycles. The van der Waals surface area contributed by atoms with E-state index in [0.29, 0.717) is 0 Å². The van der Waals surface area contributed by atoms with Gasteiger partial charge in [-0.3, -0.25) is 0 Å². The van der Waals surface area contributed by atoms with Crippen molar-refractivity contribution in [3.63, 3.8) is 0 Å². The zero-order valence-electron chi connectivity index (χ0n) is 10.9. The second-order valence-electron chi connectivity index (χ2n) is 4.46. The number of rotatable bonds is 4. The Hall–Kier alpha value is -2.20. The van der Waals surface area contributed by atoms with E-state index in [4.69, 9.17) is 5.73 Å². The highest BCUT2D eigenvalue weighted by atomic mass is 32.2. The summed E-state index contributed by atoms with van der Waals surface area (Å²) in [6.45, 7) is 0. The van der Waals surface area contributed by atoms with Gasteiger partial charge in [0.05, 0.1) is 11.9 Å². The van der Waals surface area contributed by atoms with E-state index in [1.54, 1.807) is 11.8 Å². The molecule has 0 unspecified atom stereocenters. The summed E-state index contributed by atoms with van der Waals surface area (Å²) in [7, 11) is 0. The van der Waals surface area contributed by atoms with Gasteiger partial charge >= 0.3 is 0 Å². The van der Waals surface area contributed by atoms with Crippen molar-refractivity contribution in [3.8, 4) is 5.69 Å². The maximum Gasteiger partial charge on any atom is 0.0645 e. The lowest BCUT2D eigenvalue weighted by atomic mass is 10.3. The normalized spacial score (nSPS) is 10.6. The van der Waals surface area contributed by atoms with Crippen molar-refractivity contribution in [1.82, 2.24) is 9.78 Å². The Kier molecular flexibility index (Phi) is 3.74. The smallest absolute Gasteiger partial charge is 0.0645 e. The minimum atomic E-state index is 0.827. The third-order valence-corrected chi connectivity index (χ3v) is 4.13. The lowest BCUT2D eigenvalue weighted by molar-refractivity contribution is 0.880. The molecular formula is C16H15N3S. The molecule has 4 heteroatoms. The molecule has 0 bridgehead atoms. The van der Waals surface area contributed by atoms with Crippen LogP contribution in [0.1, 0.15) is 5.56 Å². The fraction of sp³-hybridized carbons (Fsp3) is 0.0625. The first-order valence-electron chi connectivity index (χ1n) is 6.39. The number of nitrogens with zero attached hydrogens (tertiary/aromatic N) is 2. The lowest BCUT2D eigenvalue weighted by Crippen LogP contribution is -1.92. The Bertz CT molecular complexity index is 692. The van der Waals surface area contributed by atoms with Crippen molar-refractivity contribution in [2.24, 2.45) is 0 Å². The Morgan fingerprint density at radius 3 is 2.55 bits per heavy atom. The van der Waals surface area contributed by atoms with Crippen LogP contribution in [0.3, 0.4) is 0 Å². The maximum atomic E-state index is 5.94. The van der Waals surface area contributed by atoms with Crippen LogP contribution in [0.5, 0.6) is 0 Å². The molecule has 3 rings (SSSR count). The molecule has 0 atom stereocenters. The van der Waals surface area contributed by atoms with Gasteiger partial charge in [-0.2, -0.15) is 5.10 Å². The molecule has 0 fully saturated rings. The molecule has 0 aliphatic rings. The molecule has 2 N–H and O–H groups in total. The molecule has 3 nitrogen and oxygen atoms in total. The van der Waals surface area contributed by atoms with E-state index in [1.165, 1.54) is 5.56 Å². The Morgan fingerprint density at radius 1 is 1.00 bits per heavy atom. The van der Waals surface area contributed by atoms with Gasteiger partial charge in [0.2, 0.25) is 0 Å². The number of thioether (sulfide) groups is 1. The fourth-order valence-electron chi connectivity index (χ4n) is 1.93. The monoisotopic (exact) mass is 281 g/mol. The van der Waals surface area contributed by atoms with Gasteiger partial charge in [-0.1, -0.05) is 30.3 Å². The fourth-order valence-corrected chi connectivity index (χ4v) is 2.81. The minimum absolute atomic E-state index is 0.827. The quantitative estimate of drug-likeness (QED) is 0.585. The summed E-state index contributed by atoms with van der Waals surface area (Å²) >= 11 is 1.73. The topological polar surface area (TPSA) is 43.8 Å². The van der Waals surface area contributed by atoms with Crippen LogP contribution in [0.25, 0.3) is 5.69 Å². The van der Waals surface area contributed by atoms with Gasteiger partial charge in [0.1, 0.15) is 0 Å². The number of nitrogen functional groups attached to an aromatic ring is 1. The van der Waals surface area contributed by atoms with Gasteiger partial charge in [0, 0.05) is 28.1 Å². The highest BCUT2D eigenvalue weighted by Gasteiger charge is 2.03. The first-order chi connectivity index (χ1) is 9.83. The summed E-state index contributed by atoms with van der Waals surface area (Å²) in [5, 5.41) is 4.39. The summed E-state index contributed by atoms with van der Waals surface area (Å²) in [5.41, 5.74) is 9.02. The predicted octanol–water partition coefficient (Wildman–Crippen LogP) is 3.75. The van der Waals surface area contributed by atoms with E-state index < -0.39 is 0 Å². The molecule has 0 saturated carbocycles. The van der Waals surface area contributed by atoms with E-state index in [2.05, 4.69) is 11.3 Å². The van der Waals surface area contributed by atoms with Crippen LogP contribution < -0.4 is 5.73 Å². The molecule has 1 heterocycles. The Morgan fingerprint density at radius 2 is 1.75 bits per heavy atom. The van der Waals surface area contributed by atoms with Crippen LogP contribution in [-0.2, 0) is 5.75 Å². The maximum absolute atomic E-state index is 5.94. The first-order valence-corrected chi connectivity index (χ1v) is 7.38. The second-order valence-corrected chi connectivity index (χ2v) is 5.47. The predicted molar refractivity (Wildman–Crippen MR) is 84.0 cm³/mol. The molecule has 1 aromatic heterocycles. The zero-order valence-corrected chi connectivity index (χ0v) is 11.8. The second kappa shape index (κ2) is 5.84. The van der Waals surface area contributed by atoms with Gasteiger partial charge in [-0.15, -0.1) is 11.8 Å². The van der Waals surface area contributed by atoms with Crippen molar-refractivity contribution in [1.29, 1.82) is 0 Å². The molecule has 3 aromatic rings. The van der Waals surface area contributed by atoms with Crippen molar-refractivity contribution in [3.05, 3.63) is 72.6 Å². The van der Waals surface area contributed by atoms with Gasteiger partial charge in [0.15, 0.2) is 0 Å². The molecule has 0 spiro atoms. The lowest BCUT2D eigenvalue weighted by Gasteiger charge is -2.03. The van der Waals surface area contributed by atoms with Gasteiger partial charge in [-0.05, 0) is 24.3 Å². The SMILES string of the molecule is Nc1ccccc1SCc1cnn(-c2ccccc2)c1. The van der Waals surface area contributed by atoms with Gasteiger partial charge < -0.3 is 5.73 Å². The van der Waals surface area contributed by atoms with E-state index in [1.807, 2.05) is 65.5 Å². The number of anilines is 1. The van der Waals surface area contributed by atoms with Gasteiger partial charge in [-0.25, -0.2) is 4.68 Å². The van der Waals surface area contributed by atoms with Crippen LogP contribution in [0, 0.1) is 0 Å². The van der Waals surface area contributed by atoms with Crippen LogP contribution in [-0.4, -0.2) is 9.78 Å². The number of aromatic nitrogens is 2. The van der Waals surface area contributed by atoms with Crippen LogP contribution in [0.2, 0.25) is 0 Å². The average molecular weight is 281 g/mol. The standard InChI is InChI=1S/C16H15N3S/c17-15-8-4-5-9-16(15)20-12-13-10-18-19(11-13)14-6-2-1-3-7-14/h1-11H,12,17H2. The number of nitrogens with two attached hydrogens (primary N) is 1. The summed E-state index contributed by atoms with van der Waals surface area (Å²) in [6.07, 6.45) is 3.96. The summed E-state index contributed by atoms with van der Waals surface area (Å²) in [5.74, 6) is 0.862. The Balaban J connectivity index is 1.71. The molecular weight excluding hydrogens is 266 g/mol. The zero-order chi connectivity index (χ0) is 13.8. The van der Waals surface area contributed by atoms with Crippen LogP contribution >= 0.6 is 11.8 Å². The van der Waals surface area contributed by atoms with Gasteiger partial charge in [0.25, 0.3) is 0 Å². The van der Waals surface area contributed by atoms with E-state index in [-0.39, 0.29) is 0 Å². The van der Waals surface area contributed by atoms with Crippen LogP contribution in [0.15, 0.2) is 71.9 Å². The number of benzene rings is 2. The molecule has 20 heavy (non-hydrogen) atoms. The first kappa shape index (κ1) is 12.8. The van der Waals surface area contributed by atoms with Crippen molar-refractivity contribution in [2.75, 3.05) is 5.73 Å². The molecule has 2 aromatic carbocycles. The highest BCUT2D eigenvalue weighted by Crippen LogP contribution is 2.27. The van der Waals surface area contributed by atoms with E-state index in [0.717, 1.165) is 22.0 Å². The largest absolute Gasteiger partial charge is 0.398 e. The number of para-hydroxylation sites is 2. The average Bonchev–Trinajstić information content (AvgIpc) is 2.96. The van der Waals surface area contributed by atoms with Crippen molar-refractivity contribution < 1.29 is 0 Å². The molecule has 100 valence electrons. The number of hydrogen-bond donors (Lipinski definition) is 1. The van der Waals surface area contributed by atoms with E-state index >= 15 is 0 Å². The van der Waals surface area contributed by atoms with Crippen molar-refractivity contribution in [2.45, 2.75) is 10.6 Å². The molecule has 0 aliphatic carbocycles. The Labute approximate surface area is 122 Å². The van der Waals surface area contributed by atoms with Crippen molar-refractivity contribution >= 4 is 17.4 Å². The van der Waals surface area contributed by atoms with E-state index in [9.17, 15) is 0 Å². The highest BCUT2D eigenvalue weighted by molar-refractivity contribution is 7.98. The minimum Gasteiger partial charge on any atom is -0.398 e.